The van der Waals surface area contributed by atoms with Crippen molar-refractivity contribution in [1.82, 2.24) is 0 Å². The molecule has 0 aromatic carbocycles. The van der Waals surface area contributed by atoms with Gasteiger partial charge in [0.2, 0.25) is 0 Å². The molecule has 19 heteroatoms. The van der Waals surface area contributed by atoms with Crippen LogP contribution in [0, 0.1) is 0 Å². The number of rotatable bonds is 74. The van der Waals surface area contributed by atoms with Gasteiger partial charge in [0.05, 0.1) is 26.4 Å². The number of unbranched alkanes of at least 4 members (excludes halogenated alkanes) is 32. The maximum Gasteiger partial charge on any atom is 0.472 e. The molecule has 0 heterocycles. The highest BCUT2D eigenvalue weighted by Gasteiger charge is 2.30. The van der Waals surface area contributed by atoms with Crippen molar-refractivity contribution in [2.45, 2.75) is 354 Å². The molecule has 0 radical (unpaired) electrons. The first-order valence-electron chi connectivity index (χ1n) is 39.5. The lowest BCUT2D eigenvalue weighted by Gasteiger charge is -2.21. The SMILES string of the molecule is CC/C=C\C/C=C\C/C=C\C/C=C\CCCCCCCCC(=O)OCC(COP(=O)(O)OCC(O)COP(=O)(O)OCC(COC(=O)CCCCCCCCC/C=C\C/C=C\C/C=C\CC)OC(=O)CCCCCCCCCCCCC)OC(=O)CCCCCCC/C=C\CCCCCC. The van der Waals surface area contributed by atoms with Crippen LogP contribution in [-0.2, 0) is 65.4 Å². The lowest BCUT2D eigenvalue weighted by atomic mass is 10.1. The third-order valence-electron chi connectivity index (χ3n) is 16.5. The highest BCUT2D eigenvalue weighted by molar-refractivity contribution is 7.47. The second kappa shape index (κ2) is 73.3. The Labute approximate surface area is 607 Å². The minimum Gasteiger partial charge on any atom is -0.462 e. The number of aliphatic hydroxyl groups is 1. The van der Waals surface area contributed by atoms with Gasteiger partial charge in [-0.3, -0.25) is 37.3 Å². The lowest BCUT2D eigenvalue weighted by molar-refractivity contribution is -0.161. The Bertz CT molecular complexity index is 2270. The summed E-state index contributed by atoms with van der Waals surface area (Å²) >= 11 is 0. The zero-order valence-electron chi connectivity index (χ0n) is 63.1. The number of esters is 4. The largest absolute Gasteiger partial charge is 0.472 e. The van der Waals surface area contributed by atoms with Crippen LogP contribution in [0.4, 0.5) is 0 Å². The highest BCUT2D eigenvalue weighted by atomic mass is 31.2. The first-order valence-corrected chi connectivity index (χ1v) is 42.5. The van der Waals surface area contributed by atoms with Crippen LogP contribution in [0.25, 0.3) is 0 Å². The summed E-state index contributed by atoms with van der Waals surface area (Å²) < 4.78 is 68.5. The number of hydrogen-bond donors (Lipinski definition) is 3. The van der Waals surface area contributed by atoms with Crippen LogP contribution in [0.2, 0.25) is 0 Å². The van der Waals surface area contributed by atoms with Crippen molar-refractivity contribution in [3.8, 4) is 0 Å². The fourth-order valence-electron chi connectivity index (χ4n) is 10.6. The van der Waals surface area contributed by atoms with Crippen LogP contribution < -0.4 is 0 Å². The van der Waals surface area contributed by atoms with Crippen molar-refractivity contribution in [1.29, 1.82) is 0 Å². The molecule has 5 unspecified atom stereocenters. The fourth-order valence-corrected chi connectivity index (χ4v) is 12.2. The molecule has 5 atom stereocenters. The minimum atomic E-state index is -4.98. The minimum absolute atomic E-state index is 0.0823. The van der Waals surface area contributed by atoms with Gasteiger partial charge in [-0.15, -0.1) is 0 Å². The van der Waals surface area contributed by atoms with E-state index in [0.29, 0.717) is 25.7 Å². The number of aliphatic hydroxyl groups excluding tert-OH is 1. The number of carbonyl (C=O) groups is 4. The third-order valence-corrected chi connectivity index (χ3v) is 18.4. The van der Waals surface area contributed by atoms with E-state index in [0.717, 1.165) is 193 Å². The van der Waals surface area contributed by atoms with E-state index in [1.165, 1.54) is 64.2 Å². The van der Waals surface area contributed by atoms with E-state index < -0.39 is 97.5 Å². The Morgan fingerprint density at radius 3 is 0.820 bits per heavy atom. The van der Waals surface area contributed by atoms with Gasteiger partial charge in [0, 0.05) is 25.7 Å². The molecule has 17 nitrogen and oxygen atoms in total. The predicted molar refractivity (Wildman–Crippen MR) is 409 cm³/mol. The van der Waals surface area contributed by atoms with Gasteiger partial charge in [0.1, 0.15) is 19.3 Å². The Morgan fingerprint density at radius 1 is 0.290 bits per heavy atom. The molecular weight excluding hydrogens is 1310 g/mol. The number of ether oxygens (including phenoxy) is 4. The van der Waals surface area contributed by atoms with Gasteiger partial charge in [-0.25, -0.2) is 9.13 Å². The molecule has 0 rings (SSSR count). The molecule has 0 aromatic heterocycles. The molecule has 100 heavy (non-hydrogen) atoms. The van der Waals surface area contributed by atoms with Gasteiger partial charge in [0.25, 0.3) is 0 Å². The molecule has 0 saturated heterocycles. The van der Waals surface area contributed by atoms with E-state index in [-0.39, 0.29) is 25.7 Å². The van der Waals surface area contributed by atoms with Gasteiger partial charge < -0.3 is 33.8 Å². The fraction of sp³-hybridized carbons (Fsp3) is 0.753. The summed E-state index contributed by atoms with van der Waals surface area (Å²) in [7, 11) is -9.95. The summed E-state index contributed by atoms with van der Waals surface area (Å²) in [6.07, 6.45) is 76.7. The van der Waals surface area contributed by atoms with E-state index in [9.17, 15) is 43.2 Å². The molecule has 0 fully saturated rings. The molecule has 0 bridgehead atoms. The molecule has 0 aliphatic rings. The average molecular weight is 1450 g/mol. The average Bonchev–Trinajstić information content (AvgIpc) is 0.940. The lowest BCUT2D eigenvalue weighted by Crippen LogP contribution is -2.30. The number of carbonyl (C=O) groups excluding carboxylic acids is 4. The van der Waals surface area contributed by atoms with Gasteiger partial charge >= 0.3 is 39.5 Å². The topological polar surface area (TPSA) is 237 Å². The number of hydrogen-bond acceptors (Lipinski definition) is 15. The van der Waals surface area contributed by atoms with Gasteiger partial charge in [0.15, 0.2) is 12.2 Å². The molecular formula is C81H142O17P2. The van der Waals surface area contributed by atoms with Crippen LogP contribution in [0.3, 0.4) is 0 Å². The van der Waals surface area contributed by atoms with E-state index in [1.807, 2.05) is 0 Å². The van der Waals surface area contributed by atoms with Crippen molar-refractivity contribution >= 4 is 39.5 Å². The van der Waals surface area contributed by atoms with Crippen molar-refractivity contribution < 1.29 is 80.2 Å². The van der Waals surface area contributed by atoms with Gasteiger partial charge in [-0.2, -0.15) is 0 Å². The van der Waals surface area contributed by atoms with E-state index in [1.54, 1.807) is 0 Å². The summed E-state index contributed by atoms with van der Waals surface area (Å²) in [5.74, 6) is -2.19. The number of allylic oxidation sites excluding steroid dienone is 16. The van der Waals surface area contributed by atoms with E-state index >= 15 is 0 Å². The van der Waals surface area contributed by atoms with Crippen LogP contribution >= 0.6 is 15.6 Å². The molecule has 0 spiro atoms. The third kappa shape index (κ3) is 72.3. The Morgan fingerprint density at radius 2 is 0.520 bits per heavy atom. The molecule has 0 aliphatic carbocycles. The Hall–Kier alpha value is -4.02. The number of phosphoric ester groups is 2. The zero-order chi connectivity index (χ0) is 73.2. The summed E-state index contributed by atoms with van der Waals surface area (Å²) in [5, 5.41) is 10.6. The highest BCUT2D eigenvalue weighted by Crippen LogP contribution is 2.45. The van der Waals surface area contributed by atoms with Crippen molar-refractivity contribution in [2.75, 3.05) is 39.6 Å². The van der Waals surface area contributed by atoms with Crippen LogP contribution in [-0.4, -0.2) is 96.7 Å². The van der Waals surface area contributed by atoms with Crippen LogP contribution in [0.1, 0.15) is 336 Å². The standard InChI is InChI=1S/C81H142O17P2/c1-5-9-13-17-21-25-29-32-34-36-37-39-41-44-47-50-54-58-62-66-79(84)92-72-77(98-81(86)68-64-60-56-52-48-42-31-27-23-19-15-11-7-3)74-96-100(89,90)94-70-75(82)69-93-99(87,88)95-73-76(97-80(85)67-63-59-55-51-45-28-24-20-16-12-8-4)71-91-78(83)65-61-57-53-49-46-43-40-38-35-33-30-26-22-18-14-10-6-2/h9-10,13-14,21-22,25-27,31-35,37,39,75-77,82H,5-8,11-12,15-20,23-24,28-30,36,38,40-74H2,1-4H3,(H,87,88)(H,89,90)/b13-9-,14-10-,25-21-,26-22-,31-27-,34-32-,35-33-,39-37-. The maximum absolute atomic E-state index is 13.1. The zero-order valence-corrected chi connectivity index (χ0v) is 64.9. The predicted octanol–water partition coefficient (Wildman–Crippen LogP) is 22.8. The molecule has 0 amide bonds. The molecule has 578 valence electrons. The second-order valence-electron chi connectivity index (χ2n) is 26.2. The first-order chi connectivity index (χ1) is 48.7. The number of phosphoric acid groups is 2. The maximum atomic E-state index is 13.1. The Balaban J connectivity index is 5.30. The summed E-state index contributed by atoms with van der Waals surface area (Å²) in [5.41, 5.74) is 0. The van der Waals surface area contributed by atoms with E-state index in [2.05, 4.69) is 125 Å². The normalized spacial score (nSPS) is 14.4. The van der Waals surface area contributed by atoms with Crippen molar-refractivity contribution in [2.24, 2.45) is 0 Å². The second-order valence-corrected chi connectivity index (χ2v) is 29.2. The summed E-state index contributed by atoms with van der Waals surface area (Å²) in [4.78, 5) is 72.9. The summed E-state index contributed by atoms with van der Waals surface area (Å²) in [6.45, 7) is 4.63. The molecule has 0 aliphatic heterocycles. The van der Waals surface area contributed by atoms with Gasteiger partial charge in [-0.05, 0) is 122 Å². The molecule has 0 saturated carbocycles. The molecule has 0 aromatic rings. The molecule has 3 N–H and O–H groups in total. The quantitative estimate of drug-likeness (QED) is 0.0169. The van der Waals surface area contributed by atoms with Crippen LogP contribution in [0.15, 0.2) is 97.2 Å². The summed E-state index contributed by atoms with van der Waals surface area (Å²) in [6, 6.07) is 0. The monoisotopic (exact) mass is 1450 g/mol. The van der Waals surface area contributed by atoms with Crippen molar-refractivity contribution in [3.05, 3.63) is 97.2 Å². The van der Waals surface area contributed by atoms with Gasteiger partial charge in [-0.1, -0.05) is 285 Å². The smallest absolute Gasteiger partial charge is 0.462 e. The first kappa shape index (κ1) is 96.0. The van der Waals surface area contributed by atoms with E-state index in [4.69, 9.17) is 37.0 Å². The Kier molecular flexibility index (Phi) is 70.4. The van der Waals surface area contributed by atoms with Crippen molar-refractivity contribution in [3.63, 3.8) is 0 Å². The van der Waals surface area contributed by atoms with Crippen LogP contribution in [0.5, 0.6) is 0 Å².